The predicted molar refractivity (Wildman–Crippen MR) is 259 cm³/mol. The average molecular weight is 976 g/mol. The number of methoxy groups -OCH3 is 1. The number of rotatable bonds is 15. The van der Waals surface area contributed by atoms with Crippen molar-refractivity contribution in [2.45, 2.75) is 106 Å². The number of nitrogens with one attached hydrogen (secondary N) is 1. The predicted octanol–water partition coefficient (Wildman–Crippen LogP) is 7.66. The summed E-state index contributed by atoms with van der Waals surface area (Å²) in [4.78, 5) is 71.7. The van der Waals surface area contributed by atoms with Gasteiger partial charge in [-0.2, -0.15) is 0 Å². The van der Waals surface area contributed by atoms with E-state index in [1.54, 1.807) is 14.0 Å². The standard InChI is InChI=1S/C52H57N3O12SSi/c1-31-28-54(49(59)53-46(31)56)39-27-37(67-69(6,7)51(2,3)4)38(63-39)30-62-50(60)65-44-42-40-41(48(58)55(47(40)57)29-32-17-11-8-12-18-32)43(64-42)45(44)66-68-52(33-19-13-9-14-20-33,34-21-15-10-16-22-34)35-23-25-36(61-5)26-24-35/h8-26,28,37-45H,27,29-30H2,1-7H3,(H,53,56,59)/t37-,38+,39+,40+,41-,42+,43-,44+,45-/m0/s1. The number of aryl methyl sites for hydroxylation is 1. The van der Waals surface area contributed by atoms with Crippen molar-refractivity contribution < 1.29 is 46.7 Å². The Kier molecular flexibility index (Phi) is 13.4. The molecule has 2 bridgehead atoms. The van der Waals surface area contributed by atoms with E-state index in [-0.39, 0.29) is 30.5 Å². The molecule has 4 aliphatic rings. The molecule has 15 nitrogen and oxygen atoms in total. The Bertz CT molecular complexity index is 2750. The molecule has 2 amide bonds. The zero-order chi connectivity index (χ0) is 48.8. The second kappa shape index (κ2) is 19.2. The molecule has 1 aromatic heterocycles. The normalized spacial score (nSPS) is 25.5. The van der Waals surface area contributed by atoms with Gasteiger partial charge in [0.2, 0.25) is 11.8 Å². The number of amides is 2. The van der Waals surface area contributed by atoms with E-state index in [4.69, 9.17) is 32.3 Å². The van der Waals surface area contributed by atoms with E-state index in [1.807, 2.05) is 115 Å². The number of fused-ring (bicyclic) bond motifs is 5. The number of H-pyrrole nitrogens is 1. The molecule has 5 heterocycles. The van der Waals surface area contributed by atoms with Crippen molar-refractivity contribution in [1.82, 2.24) is 14.5 Å². The Morgan fingerprint density at radius 1 is 0.783 bits per heavy atom. The number of ether oxygens (including phenoxy) is 5. The summed E-state index contributed by atoms with van der Waals surface area (Å²) in [5, 5.41) is -0.185. The highest BCUT2D eigenvalue weighted by Crippen LogP contribution is 2.55. The lowest BCUT2D eigenvalue weighted by molar-refractivity contribution is -0.144. The maximum absolute atomic E-state index is 14.4. The van der Waals surface area contributed by atoms with E-state index in [2.05, 4.69) is 38.8 Å². The molecule has 9 rings (SSSR count). The summed E-state index contributed by atoms with van der Waals surface area (Å²) >= 11 is 1.15. The summed E-state index contributed by atoms with van der Waals surface area (Å²) in [6.45, 7) is 11.9. The zero-order valence-corrected chi connectivity index (χ0v) is 41.4. The maximum atomic E-state index is 14.4. The molecule has 1 N–H and O–H groups in total. The molecule has 4 saturated heterocycles. The summed E-state index contributed by atoms with van der Waals surface area (Å²) in [5.41, 5.74) is 2.60. The number of carbonyl (C=O) groups excluding carboxylic acids is 3. The van der Waals surface area contributed by atoms with Crippen LogP contribution >= 0.6 is 12.0 Å². The molecule has 4 aliphatic heterocycles. The Morgan fingerprint density at radius 3 is 1.93 bits per heavy atom. The highest BCUT2D eigenvalue weighted by Gasteiger charge is 2.71. The fourth-order valence-electron chi connectivity index (χ4n) is 9.66. The van der Waals surface area contributed by atoms with Gasteiger partial charge in [0.15, 0.2) is 14.4 Å². The fraction of sp³-hybridized carbons (Fsp3) is 0.404. The van der Waals surface area contributed by atoms with Crippen LogP contribution in [-0.2, 0) is 48.4 Å². The molecule has 0 radical (unpaired) electrons. The molecule has 362 valence electrons. The van der Waals surface area contributed by atoms with Crippen molar-refractivity contribution in [3.8, 4) is 5.75 Å². The molecule has 9 atom stereocenters. The Hall–Kier alpha value is -5.82. The second-order valence-electron chi connectivity index (χ2n) is 19.6. The number of hydrogen-bond donors (Lipinski definition) is 1. The third-order valence-electron chi connectivity index (χ3n) is 14.3. The summed E-state index contributed by atoms with van der Waals surface area (Å²) in [7, 11) is -0.834. The molecule has 5 aromatic rings. The summed E-state index contributed by atoms with van der Waals surface area (Å²) < 4.78 is 44.7. The van der Waals surface area contributed by atoms with Crippen molar-refractivity contribution in [3.63, 3.8) is 0 Å². The number of aromatic nitrogens is 2. The maximum Gasteiger partial charge on any atom is 0.508 e. The van der Waals surface area contributed by atoms with Crippen molar-refractivity contribution in [2.75, 3.05) is 13.7 Å². The lowest BCUT2D eigenvalue weighted by Gasteiger charge is -2.39. The smallest absolute Gasteiger partial charge is 0.497 e. The van der Waals surface area contributed by atoms with E-state index in [0.29, 0.717) is 11.3 Å². The van der Waals surface area contributed by atoms with Gasteiger partial charge in [-0.05, 0) is 59.4 Å². The summed E-state index contributed by atoms with van der Waals surface area (Å²) in [5.74, 6) is -1.97. The van der Waals surface area contributed by atoms with Crippen LogP contribution in [0.4, 0.5) is 4.79 Å². The lowest BCUT2D eigenvalue weighted by atomic mass is 9.78. The molecule has 0 spiro atoms. The van der Waals surface area contributed by atoms with Crippen LogP contribution in [0.5, 0.6) is 5.75 Å². The number of benzene rings is 4. The second-order valence-corrected chi connectivity index (χ2v) is 25.3. The van der Waals surface area contributed by atoms with E-state index in [1.165, 1.54) is 15.7 Å². The van der Waals surface area contributed by atoms with Crippen LogP contribution in [0.1, 0.15) is 61.2 Å². The molecule has 0 saturated carbocycles. The summed E-state index contributed by atoms with van der Waals surface area (Å²) in [6.07, 6.45) is -5.90. The van der Waals surface area contributed by atoms with Gasteiger partial charge in [-0.15, -0.1) is 0 Å². The molecular formula is C52H57N3O12SSi. The topological polar surface area (TPSA) is 174 Å². The third-order valence-corrected chi connectivity index (χ3v) is 20.1. The van der Waals surface area contributed by atoms with Crippen molar-refractivity contribution in [3.05, 3.63) is 170 Å². The number of likely N-dealkylation sites (tertiary alicyclic amines) is 1. The minimum Gasteiger partial charge on any atom is -0.497 e. The van der Waals surface area contributed by atoms with Gasteiger partial charge < -0.3 is 32.3 Å². The van der Waals surface area contributed by atoms with Gasteiger partial charge in [0.1, 0.15) is 47.7 Å². The van der Waals surface area contributed by atoms with Crippen molar-refractivity contribution in [1.29, 1.82) is 0 Å². The van der Waals surface area contributed by atoms with Gasteiger partial charge in [0.05, 0.1) is 31.6 Å². The molecule has 17 heteroatoms. The minimum absolute atomic E-state index is 0.0760. The first-order valence-electron chi connectivity index (χ1n) is 23.1. The number of carbonyl (C=O) groups is 3. The molecule has 0 aliphatic carbocycles. The number of hydrogen-bond acceptors (Lipinski definition) is 13. The number of nitrogens with zero attached hydrogens (tertiary/aromatic N) is 2. The Labute approximate surface area is 405 Å². The molecule has 69 heavy (non-hydrogen) atoms. The van der Waals surface area contributed by atoms with Crippen LogP contribution in [0, 0.1) is 18.8 Å². The van der Waals surface area contributed by atoms with Crippen LogP contribution in [-0.4, -0.2) is 91.1 Å². The molecular weight excluding hydrogens is 919 g/mol. The fourth-order valence-corrected chi connectivity index (χ4v) is 12.2. The van der Waals surface area contributed by atoms with Gasteiger partial charge in [0, 0.05) is 30.2 Å². The van der Waals surface area contributed by atoms with Crippen LogP contribution < -0.4 is 16.0 Å². The van der Waals surface area contributed by atoms with Crippen LogP contribution in [0.2, 0.25) is 18.1 Å². The Morgan fingerprint density at radius 2 is 1.35 bits per heavy atom. The first-order valence-corrected chi connectivity index (χ1v) is 26.8. The Balaban J connectivity index is 1.03. The lowest BCUT2D eigenvalue weighted by Crippen LogP contribution is -2.51. The summed E-state index contributed by atoms with van der Waals surface area (Å²) in [6, 6.07) is 36.7. The largest absolute Gasteiger partial charge is 0.508 e. The van der Waals surface area contributed by atoms with Gasteiger partial charge >= 0.3 is 11.8 Å². The average Bonchev–Trinajstić information content (AvgIpc) is 4.08. The zero-order valence-electron chi connectivity index (χ0n) is 39.6. The van der Waals surface area contributed by atoms with E-state index >= 15 is 0 Å². The highest BCUT2D eigenvalue weighted by atomic mass is 32.2. The van der Waals surface area contributed by atoms with Crippen LogP contribution in [0.3, 0.4) is 0 Å². The van der Waals surface area contributed by atoms with Crippen LogP contribution in [0.25, 0.3) is 0 Å². The van der Waals surface area contributed by atoms with Gasteiger partial charge in [0.25, 0.3) is 5.56 Å². The highest BCUT2D eigenvalue weighted by molar-refractivity contribution is 7.96. The van der Waals surface area contributed by atoms with Crippen molar-refractivity contribution in [2.24, 2.45) is 11.8 Å². The molecule has 4 fully saturated rings. The molecule has 0 unspecified atom stereocenters. The number of aromatic amines is 1. The van der Waals surface area contributed by atoms with Gasteiger partial charge in [-0.3, -0.25) is 28.8 Å². The minimum atomic E-state index is -2.44. The van der Waals surface area contributed by atoms with E-state index in [0.717, 1.165) is 34.3 Å². The SMILES string of the molecule is COc1ccc(C(SO[C@@H]2[C@H](OC(=O)OC[C@H]3O[C@@H](n4cc(C)c(=O)[nH]c4=O)C[C@@H]3O[Si](C)(C)C(C)(C)C)[C@@H]3O[C@H]2[C@H]2C(=O)N(Cc4ccccc4)C(=O)[C@@H]32)(c2ccccc2)c2ccccc2)cc1. The van der Waals surface area contributed by atoms with Crippen LogP contribution in [0.15, 0.2) is 131 Å². The van der Waals surface area contributed by atoms with E-state index < -0.39 is 91.1 Å². The van der Waals surface area contributed by atoms with Gasteiger partial charge in [-0.1, -0.05) is 124 Å². The first-order chi connectivity index (χ1) is 33.0. The van der Waals surface area contributed by atoms with Crippen molar-refractivity contribution >= 4 is 38.3 Å². The molecule has 4 aromatic carbocycles. The quantitative estimate of drug-likeness (QED) is 0.0357. The first kappa shape index (κ1) is 48.2. The van der Waals surface area contributed by atoms with Gasteiger partial charge in [-0.25, -0.2) is 9.59 Å². The van der Waals surface area contributed by atoms with E-state index in [9.17, 15) is 24.0 Å². The number of imide groups is 1. The monoisotopic (exact) mass is 975 g/mol. The third kappa shape index (κ3) is 9.11.